The fraction of sp³-hybridized carbons (Fsp3) is 0.188. The number of rotatable bonds is 4. The Morgan fingerprint density at radius 2 is 2.00 bits per heavy atom. The van der Waals surface area contributed by atoms with Crippen molar-refractivity contribution in [2.45, 2.75) is 20.0 Å². The smallest absolute Gasteiger partial charge is 0.228 e. The maximum Gasteiger partial charge on any atom is 0.228 e. The molecule has 0 bridgehead atoms. The fourth-order valence-electron chi connectivity index (χ4n) is 1.95. The van der Waals surface area contributed by atoms with E-state index >= 15 is 0 Å². The molecule has 2 aromatic carbocycles. The third-order valence-electron chi connectivity index (χ3n) is 3.14. The van der Waals surface area contributed by atoms with Crippen molar-refractivity contribution in [1.82, 2.24) is 0 Å². The predicted octanol–water partition coefficient (Wildman–Crippen LogP) is 2.95. The summed E-state index contributed by atoms with van der Waals surface area (Å²) in [7, 11) is 0. The van der Waals surface area contributed by atoms with Gasteiger partial charge in [-0.3, -0.25) is 4.79 Å². The molecule has 0 aromatic heterocycles. The van der Waals surface area contributed by atoms with Gasteiger partial charge in [0.1, 0.15) is 0 Å². The summed E-state index contributed by atoms with van der Waals surface area (Å²) in [4.78, 5) is 11.9. The van der Waals surface area contributed by atoms with E-state index in [1.807, 2.05) is 0 Å². The average molecular weight is 291 g/mol. The Labute approximate surface area is 121 Å². The molecule has 0 atom stereocenters. The second-order valence-electron chi connectivity index (χ2n) is 4.75. The van der Waals surface area contributed by atoms with Crippen LogP contribution in [0.3, 0.4) is 0 Å². The van der Waals surface area contributed by atoms with Crippen LogP contribution in [0.4, 0.5) is 14.5 Å². The Bertz CT molecular complexity index is 671. The van der Waals surface area contributed by atoms with E-state index in [0.717, 1.165) is 11.6 Å². The average Bonchev–Trinajstić information content (AvgIpc) is 2.46. The van der Waals surface area contributed by atoms with E-state index in [9.17, 15) is 13.6 Å². The van der Waals surface area contributed by atoms with Gasteiger partial charge < -0.3 is 10.4 Å². The number of carbonyl (C=O) groups excluding carboxylic acids is 1. The van der Waals surface area contributed by atoms with Gasteiger partial charge in [0, 0.05) is 11.3 Å². The molecule has 2 aromatic rings. The second kappa shape index (κ2) is 6.45. The van der Waals surface area contributed by atoms with Crippen LogP contribution in [0.15, 0.2) is 36.4 Å². The maximum atomic E-state index is 13.5. The Morgan fingerprint density at radius 1 is 1.24 bits per heavy atom. The summed E-state index contributed by atoms with van der Waals surface area (Å²) in [6, 6.07) is 8.90. The summed E-state index contributed by atoms with van der Waals surface area (Å²) in [5.74, 6) is -2.43. The first-order valence-corrected chi connectivity index (χ1v) is 6.44. The van der Waals surface area contributed by atoms with Gasteiger partial charge in [0.2, 0.25) is 5.91 Å². The highest BCUT2D eigenvalue weighted by Gasteiger charge is 2.12. The van der Waals surface area contributed by atoms with Crippen molar-refractivity contribution in [3.63, 3.8) is 0 Å². The molecule has 1 amide bonds. The van der Waals surface area contributed by atoms with E-state index in [1.165, 1.54) is 12.1 Å². The van der Waals surface area contributed by atoms with Gasteiger partial charge in [0.15, 0.2) is 11.6 Å². The van der Waals surface area contributed by atoms with E-state index in [0.29, 0.717) is 11.3 Å². The van der Waals surface area contributed by atoms with E-state index in [1.54, 1.807) is 25.1 Å². The van der Waals surface area contributed by atoms with Crippen LogP contribution >= 0.6 is 0 Å². The molecule has 21 heavy (non-hydrogen) atoms. The van der Waals surface area contributed by atoms with Crippen LogP contribution in [0.25, 0.3) is 0 Å². The number of nitrogens with one attached hydrogen (secondary N) is 1. The normalized spacial score (nSPS) is 10.5. The minimum atomic E-state index is -1.01. The summed E-state index contributed by atoms with van der Waals surface area (Å²) in [6.45, 7) is 1.67. The van der Waals surface area contributed by atoms with Gasteiger partial charge in [-0.1, -0.05) is 24.3 Å². The van der Waals surface area contributed by atoms with E-state index in [-0.39, 0.29) is 18.6 Å². The van der Waals surface area contributed by atoms with Gasteiger partial charge in [0.05, 0.1) is 13.0 Å². The van der Waals surface area contributed by atoms with E-state index in [4.69, 9.17) is 5.11 Å². The first-order valence-electron chi connectivity index (χ1n) is 6.44. The third-order valence-corrected chi connectivity index (χ3v) is 3.14. The number of amides is 1. The summed E-state index contributed by atoms with van der Waals surface area (Å²) in [6.07, 6.45) is -0.258. The number of aryl methyl sites for hydroxylation is 1. The van der Waals surface area contributed by atoms with Crippen LogP contribution in [0.2, 0.25) is 0 Å². The molecule has 0 saturated carbocycles. The van der Waals surface area contributed by atoms with Crippen LogP contribution in [-0.4, -0.2) is 11.0 Å². The number of anilines is 1. The number of aliphatic hydroxyl groups excluding tert-OH is 1. The highest BCUT2D eigenvalue weighted by molar-refractivity contribution is 5.93. The zero-order valence-electron chi connectivity index (χ0n) is 11.5. The number of carbonyl (C=O) groups is 1. The summed E-state index contributed by atoms with van der Waals surface area (Å²) < 4.78 is 26.6. The van der Waals surface area contributed by atoms with Gasteiger partial charge >= 0.3 is 0 Å². The van der Waals surface area contributed by atoms with Gasteiger partial charge in [-0.05, 0) is 30.2 Å². The monoisotopic (exact) mass is 291 g/mol. The van der Waals surface area contributed by atoms with Crippen molar-refractivity contribution in [3.05, 3.63) is 64.7 Å². The van der Waals surface area contributed by atoms with Crippen molar-refractivity contribution >= 4 is 11.6 Å². The quantitative estimate of drug-likeness (QED) is 0.910. The molecule has 0 spiro atoms. The molecule has 0 aliphatic carbocycles. The van der Waals surface area contributed by atoms with Crippen LogP contribution in [0, 0.1) is 18.6 Å². The number of hydrogen-bond donors (Lipinski definition) is 2. The lowest BCUT2D eigenvalue weighted by molar-refractivity contribution is -0.115. The highest BCUT2D eigenvalue weighted by Crippen LogP contribution is 2.18. The van der Waals surface area contributed by atoms with Crippen molar-refractivity contribution in [3.8, 4) is 0 Å². The summed E-state index contributed by atoms with van der Waals surface area (Å²) in [5.41, 5.74) is 2.03. The molecule has 0 saturated heterocycles. The minimum Gasteiger partial charge on any atom is -0.392 e. The van der Waals surface area contributed by atoms with Crippen molar-refractivity contribution in [2.24, 2.45) is 0 Å². The Morgan fingerprint density at radius 3 is 2.71 bits per heavy atom. The molecule has 5 heteroatoms. The Kier molecular flexibility index (Phi) is 4.65. The van der Waals surface area contributed by atoms with Crippen molar-refractivity contribution in [1.29, 1.82) is 0 Å². The topological polar surface area (TPSA) is 49.3 Å². The summed E-state index contributed by atoms with van der Waals surface area (Å²) >= 11 is 0. The Hall–Kier alpha value is -2.27. The molecule has 2 N–H and O–H groups in total. The molecule has 0 heterocycles. The molecule has 3 nitrogen and oxygen atoms in total. The Balaban J connectivity index is 2.13. The summed E-state index contributed by atoms with van der Waals surface area (Å²) in [5, 5.41) is 11.7. The molecule has 0 fully saturated rings. The molecule has 2 rings (SSSR count). The van der Waals surface area contributed by atoms with Gasteiger partial charge in [-0.2, -0.15) is 0 Å². The first kappa shape index (κ1) is 15.1. The second-order valence-corrected chi connectivity index (χ2v) is 4.75. The first-order chi connectivity index (χ1) is 10.0. The highest BCUT2D eigenvalue weighted by atomic mass is 19.2. The van der Waals surface area contributed by atoms with Crippen molar-refractivity contribution in [2.75, 3.05) is 5.32 Å². The molecular formula is C16H15F2NO2. The molecular weight excluding hydrogens is 276 g/mol. The standard InChI is InChI=1S/C16H15F2NO2/c1-10-5-6-11(9-20)7-14(10)19-15(21)8-12-3-2-4-13(17)16(12)18/h2-7,20H,8-9H2,1H3,(H,19,21). The molecule has 0 aliphatic heterocycles. The van der Waals surface area contributed by atoms with Crippen LogP contribution < -0.4 is 5.32 Å². The zero-order valence-corrected chi connectivity index (χ0v) is 11.5. The van der Waals surface area contributed by atoms with Gasteiger partial charge in [-0.25, -0.2) is 8.78 Å². The number of aliphatic hydroxyl groups is 1. The van der Waals surface area contributed by atoms with E-state index in [2.05, 4.69) is 5.32 Å². The molecule has 110 valence electrons. The predicted molar refractivity (Wildman–Crippen MR) is 75.8 cm³/mol. The van der Waals surface area contributed by atoms with Crippen LogP contribution in [-0.2, 0) is 17.8 Å². The maximum absolute atomic E-state index is 13.5. The number of benzene rings is 2. The van der Waals surface area contributed by atoms with Gasteiger partial charge in [-0.15, -0.1) is 0 Å². The molecule has 0 radical (unpaired) electrons. The van der Waals surface area contributed by atoms with Crippen LogP contribution in [0.5, 0.6) is 0 Å². The largest absolute Gasteiger partial charge is 0.392 e. The fourth-order valence-corrected chi connectivity index (χ4v) is 1.95. The zero-order chi connectivity index (χ0) is 15.4. The number of halogens is 2. The lowest BCUT2D eigenvalue weighted by Crippen LogP contribution is -2.16. The SMILES string of the molecule is Cc1ccc(CO)cc1NC(=O)Cc1cccc(F)c1F. The number of hydrogen-bond acceptors (Lipinski definition) is 2. The third kappa shape index (κ3) is 3.64. The van der Waals surface area contributed by atoms with Crippen LogP contribution in [0.1, 0.15) is 16.7 Å². The minimum absolute atomic E-state index is 0.00321. The lowest BCUT2D eigenvalue weighted by atomic mass is 10.1. The van der Waals surface area contributed by atoms with Gasteiger partial charge in [0.25, 0.3) is 0 Å². The van der Waals surface area contributed by atoms with Crippen molar-refractivity contribution < 1.29 is 18.7 Å². The van der Waals surface area contributed by atoms with E-state index < -0.39 is 17.5 Å². The molecule has 0 aliphatic rings. The lowest BCUT2D eigenvalue weighted by Gasteiger charge is -2.10. The molecule has 0 unspecified atom stereocenters.